The first-order valence-electron chi connectivity index (χ1n) is 8.43. The van der Waals surface area contributed by atoms with Crippen molar-refractivity contribution in [3.8, 4) is 11.5 Å². The van der Waals surface area contributed by atoms with E-state index in [2.05, 4.69) is 0 Å². The molecule has 1 aliphatic heterocycles. The highest BCUT2D eigenvalue weighted by Gasteiger charge is 2.32. The molecule has 27 heavy (non-hydrogen) atoms. The van der Waals surface area contributed by atoms with E-state index in [4.69, 9.17) is 14.2 Å². The van der Waals surface area contributed by atoms with E-state index in [9.17, 15) is 14.9 Å². The SMILES string of the molecule is COc1cc(C(=O)N2COC[C@H]2C)c([N+](=O)[O-])cc1OCc1ccccc1. The number of nitrogens with zero attached hydrogens (tertiary/aromatic N) is 2. The van der Waals surface area contributed by atoms with Crippen LogP contribution in [0.4, 0.5) is 5.69 Å². The molecule has 8 heteroatoms. The molecule has 0 spiro atoms. The maximum Gasteiger partial charge on any atom is 0.286 e. The van der Waals surface area contributed by atoms with Crippen LogP contribution in [-0.2, 0) is 11.3 Å². The average Bonchev–Trinajstić information content (AvgIpc) is 3.11. The summed E-state index contributed by atoms with van der Waals surface area (Å²) >= 11 is 0. The molecule has 142 valence electrons. The maximum absolute atomic E-state index is 12.8. The topological polar surface area (TPSA) is 91.1 Å². The summed E-state index contributed by atoms with van der Waals surface area (Å²) in [7, 11) is 1.42. The molecule has 0 radical (unpaired) electrons. The number of hydrogen-bond acceptors (Lipinski definition) is 6. The molecule has 0 N–H and O–H groups in total. The minimum absolute atomic E-state index is 0.0544. The zero-order valence-electron chi connectivity index (χ0n) is 15.1. The molecule has 0 aromatic heterocycles. The minimum atomic E-state index is -0.594. The first-order valence-corrected chi connectivity index (χ1v) is 8.43. The summed E-state index contributed by atoms with van der Waals surface area (Å²) < 4.78 is 16.3. The van der Waals surface area contributed by atoms with Gasteiger partial charge < -0.3 is 19.1 Å². The van der Waals surface area contributed by atoms with Crippen LogP contribution >= 0.6 is 0 Å². The summed E-state index contributed by atoms with van der Waals surface area (Å²) in [5, 5.41) is 11.6. The van der Waals surface area contributed by atoms with Crippen molar-refractivity contribution >= 4 is 11.6 Å². The minimum Gasteiger partial charge on any atom is -0.493 e. The summed E-state index contributed by atoms with van der Waals surface area (Å²) in [4.78, 5) is 25.2. The number of rotatable bonds is 6. The Hall–Kier alpha value is -3.13. The van der Waals surface area contributed by atoms with Crippen molar-refractivity contribution in [1.29, 1.82) is 0 Å². The van der Waals surface area contributed by atoms with Gasteiger partial charge in [-0.2, -0.15) is 0 Å². The lowest BCUT2D eigenvalue weighted by Gasteiger charge is -2.20. The molecule has 0 aliphatic carbocycles. The summed E-state index contributed by atoms with van der Waals surface area (Å²) in [6, 6.07) is 11.8. The van der Waals surface area contributed by atoms with Gasteiger partial charge in [0.2, 0.25) is 0 Å². The average molecular weight is 372 g/mol. The molecule has 1 atom stereocenters. The standard InChI is InChI=1S/C19H20N2O6/c1-13-10-26-12-20(13)19(22)15-8-17(25-2)18(9-16(15)21(23)24)27-11-14-6-4-3-5-7-14/h3-9,13H,10-12H2,1-2H3/t13-/m1/s1. The van der Waals surface area contributed by atoms with Gasteiger partial charge in [0.25, 0.3) is 11.6 Å². The lowest BCUT2D eigenvalue weighted by molar-refractivity contribution is -0.385. The van der Waals surface area contributed by atoms with E-state index in [1.165, 1.54) is 24.1 Å². The van der Waals surface area contributed by atoms with Gasteiger partial charge >= 0.3 is 0 Å². The second-order valence-electron chi connectivity index (χ2n) is 6.18. The number of methoxy groups -OCH3 is 1. The van der Waals surface area contributed by atoms with Gasteiger partial charge in [-0.3, -0.25) is 14.9 Å². The summed E-state index contributed by atoms with van der Waals surface area (Å²) in [5.74, 6) is -0.0115. The normalized spacial score (nSPS) is 16.2. The molecular weight excluding hydrogens is 352 g/mol. The first kappa shape index (κ1) is 18.7. The predicted octanol–water partition coefficient (Wildman–Crippen LogP) is 3.00. The van der Waals surface area contributed by atoms with E-state index < -0.39 is 10.8 Å². The van der Waals surface area contributed by atoms with Crippen LogP contribution in [0, 0.1) is 10.1 Å². The fourth-order valence-electron chi connectivity index (χ4n) is 2.83. The molecule has 0 unspecified atom stereocenters. The smallest absolute Gasteiger partial charge is 0.286 e. The fraction of sp³-hybridized carbons (Fsp3) is 0.316. The van der Waals surface area contributed by atoms with Gasteiger partial charge in [0.15, 0.2) is 11.5 Å². The quantitative estimate of drug-likeness (QED) is 0.572. The summed E-state index contributed by atoms with van der Waals surface area (Å²) in [6.45, 7) is 2.55. The molecule has 8 nitrogen and oxygen atoms in total. The maximum atomic E-state index is 12.8. The fourth-order valence-corrected chi connectivity index (χ4v) is 2.83. The molecule has 1 saturated heterocycles. The molecule has 1 amide bonds. The van der Waals surface area contributed by atoms with Crippen molar-refractivity contribution in [2.45, 2.75) is 19.6 Å². The zero-order chi connectivity index (χ0) is 19.4. The van der Waals surface area contributed by atoms with Crippen molar-refractivity contribution in [2.75, 3.05) is 20.4 Å². The molecule has 1 heterocycles. The Morgan fingerprint density at radius 2 is 2.04 bits per heavy atom. The third kappa shape index (κ3) is 4.01. The van der Waals surface area contributed by atoms with E-state index in [-0.39, 0.29) is 42.1 Å². The van der Waals surface area contributed by atoms with Crippen LogP contribution in [0.25, 0.3) is 0 Å². The van der Waals surface area contributed by atoms with Gasteiger partial charge in [0.1, 0.15) is 18.9 Å². The molecule has 1 fully saturated rings. The summed E-state index contributed by atoms with van der Waals surface area (Å²) in [6.07, 6.45) is 0. The summed E-state index contributed by atoms with van der Waals surface area (Å²) in [5.41, 5.74) is 0.523. The van der Waals surface area contributed by atoms with Crippen molar-refractivity contribution in [2.24, 2.45) is 0 Å². The van der Waals surface area contributed by atoms with Crippen LogP contribution in [-0.4, -0.2) is 42.2 Å². The number of nitro benzene ring substituents is 1. The van der Waals surface area contributed by atoms with Gasteiger partial charge in [0.05, 0.1) is 30.7 Å². The number of benzene rings is 2. The highest BCUT2D eigenvalue weighted by molar-refractivity contribution is 5.99. The van der Waals surface area contributed by atoms with E-state index in [0.29, 0.717) is 6.61 Å². The highest BCUT2D eigenvalue weighted by Crippen LogP contribution is 2.36. The third-order valence-corrected chi connectivity index (χ3v) is 4.33. The van der Waals surface area contributed by atoms with Crippen LogP contribution in [0.15, 0.2) is 42.5 Å². The van der Waals surface area contributed by atoms with E-state index in [1.807, 2.05) is 37.3 Å². The first-order chi connectivity index (χ1) is 13.0. The lowest BCUT2D eigenvalue weighted by Crippen LogP contribution is -2.35. The zero-order valence-corrected chi connectivity index (χ0v) is 15.1. The number of hydrogen-bond donors (Lipinski definition) is 0. The van der Waals surface area contributed by atoms with Crippen molar-refractivity contribution < 1.29 is 23.9 Å². The van der Waals surface area contributed by atoms with Gasteiger partial charge in [-0.1, -0.05) is 30.3 Å². The van der Waals surface area contributed by atoms with Gasteiger partial charge in [-0.15, -0.1) is 0 Å². The monoisotopic (exact) mass is 372 g/mol. The van der Waals surface area contributed by atoms with E-state index in [1.54, 1.807) is 0 Å². The molecule has 2 aromatic carbocycles. The number of nitro groups is 1. The van der Waals surface area contributed by atoms with Gasteiger partial charge in [-0.05, 0) is 12.5 Å². The molecule has 0 saturated carbocycles. The number of ether oxygens (including phenoxy) is 3. The van der Waals surface area contributed by atoms with Crippen molar-refractivity contribution in [1.82, 2.24) is 4.90 Å². The number of carbonyl (C=O) groups excluding carboxylic acids is 1. The third-order valence-electron chi connectivity index (χ3n) is 4.33. The number of carbonyl (C=O) groups is 1. The van der Waals surface area contributed by atoms with Gasteiger partial charge in [0, 0.05) is 6.07 Å². The van der Waals surface area contributed by atoms with Crippen LogP contribution in [0.1, 0.15) is 22.8 Å². The molecule has 1 aliphatic rings. The molecule has 0 bridgehead atoms. The Morgan fingerprint density at radius 1 is 1.30 bits per heavy atom. The largest absolute Gasteiger partial charge is 0.493 e. The van der Waals surface area contributed by atoms with Crippen LogP contribution in [0.5, 0.6) is 11.5 Å². The molecular formula is C19H20N2O6. The van der Waals surface area contributed by atoms with Gasteiger partial charge in [-0.25, -0.2) is 0 Å². The van der Waals surface area contributed by atoms with Crippen molar-refractivity contribution in [3.05, 3.63) is 63.7 Å². The predicted molar refractivity (Wildman–Crippen MR) is 96.9 cm³/mol. The second kappa shape index (κ2) is 8.05. The Kier molecular flexibility index (Phi) is 5.56. The number of amides is 1. The van der Waals surface area contributed by atoms with Crippen LogP contribution in [0.3, 0.4) is 0 Å². The Balaban J connectivity index is 1.93. The highest BCUT2D eigenvalue weighted by atomic mass is 16.6. The Bertz CT molecular complexity index is 840. The van der Waals surface area contributed by atoms with Crippen LogP contribution < -0.4 is 9.47 Å². The van der Waals surface area contributed by atoms with E-state index >= 15 is 0 Å². The second-order valence-corrected chi connectivity index (χ2v) is 6.18. The van der Waals surface area contributed by atoms with E-state index in [0.717, 1.165) is 5.56 Å². The molecule has 2 aromatic rings. The van der Waals surface area contributed by atoms with Crippen LogP contribution in [0.2, 0.25) is 0 Å². The Morgan fingerprint density at radius 3 is 2.63 bits per heavy atom. The lowest BCUT2D eigenvalue weighted by atomic mass is 10.1. The molecule has 3 rings (SSSR count). The van der Waals surface area contributed by atoms with Crippen molar-refractivity contribution in [3.63, 3.8) is 0 Å². The Labute approximate surface area is 156 Å².